The van der Waals surface area contributed by atoms with Crippen LogP contribution in [0.15, 0.2) is 0 Å². The molecule has 1 amide bonds. The monoisotopic (exact) mass is 260 g/mol. The molecule has 2 atom stereocenters. The number of amides is 1. The van der Waals surface area contributed by atoms with Crippen molar-refractivity contribution in [2.75, 3.05) is 19.7 Å². The standard InChI is InChI=1S/C11H20N2O5/c1-11(2,3)18-10(16)13-4-5-17-7(6-13)8(12)9(14)15/h7-8H,4-6,12H2,1-3H3,(H,14,15). The van der Waals surface area contributed by atoms with Gasteiger partial charge in [0.2, 0.25) is 0 Å². The topological polar surface area (TPSA) is 102 Å². The number of morpholine rings is 1. The summed E-state index contributed by atoms with van der Waals surface area (Å²) in [5.41, 5.74) is 4.89. The average Bonchev–Trinajstić information content (AvgIpc) is 2.25. The predicted octanol–water partition coefficient (Wildman–Crippen LogP) is 0.0342. The summed E-state index contributed by atoms with van der Waals surface area (Å²) in [7, 11) is 0. The van der Waals surface area contributed by atoms with Gasteiger partial charge >= 0.3 is 12.1 Å². The van der Waals surface area contributed by atoms with Crippen LogP contribution in [0.4, 0.5) is 4.79 Å². The largest absolute Gasteiger partial charge is 0.480 e. The van der Waals surface area contributed by atoms with Crippen molar-refractivity contribution in [1.29, 1.82) is 0 Å². The van der Waals surface area contributed by atoms with Gasteiger partial charge in [-0.05, 0) is 20.8 Å². The fraction of sp³-hybridized carbons (Fsp3) is 0.818. The maximum absolute atomic E-state index is 11.8. The molecule has 1 aliphatic rings. The highest BCUT2D eigenvalue weighted by molar-refractivity contribution is 5.74. The number of hydrogen-bond donors (Lipinski definition) is 2. The third kappa shape index (κ3) is 4.15. The number of ether oxygens (including phenoxy) is 2. The first-order valence-corrected chi connectivity index (χ1v) is 5.78. The summed E-state index contributed by atoms with van der Waals surface area (Å²) in [6.07, 6.45) is -1.18. The van der Waals surface area contributed by atoms with Gasteiger partial charge in [-0.1, -0.05) is 0 Å². The van der Waals surface area contributed by atoms with Gasteiger partial charge in [0.1, 0.15) is 17.7 Å². The Labute approximate surface area is 106 Å². The van der Waals surface area contributed by atoms with E-state index >= 15 is 0 Å². The van der Waals surface area contributed by atoms with Crippen LogP contribution in [-0.2, 0) is 14.3 Å². The summed E-state index contributed by atoms with van der Waals surface area (Å²) in [5, 5.41) is 8.81. The molecule has 0 radical (unpaired) electrons. The number of carboxylic acids is 1. The zero-order valence-electron chi connectivity index (χ0n) is 10.9. The van der Waals surface area contributed by atoms with E-state index in [2.05, 4.69) is 0 Å². The van der Waals surface area contributed by atoms with Crippen LogP contribution in [0.3, 0.4) is 0 Å². The van der Waals surface area contributed by atoms with E-state index in [-0.39, 0.29) is 13.2 Å². The van der Waals surface area contributed by atoms with E-state index in [4.69, 9.17) is 20.3 Å². The maximum Gasteiger partial charge on any atom is 0.410 e. The van der Waals surface area contributed by atoms with Gasteiger partial charge in [0, 0.05) is 6.54 Å². The van der Waals surface area contributed by atoms with E-state index in [0.29, 0.717) is 6.54 Å². The summed E-state index contributed by atoms with van der Waals surface area (Å²) in [6, 6.07) is -1.14. The second-order valence-electron chi connectivity index (χ2n) is 5.20. The molecule has 18 heavy (non-hydrogen) atoms. The fourth-order valence-electron chi connectivity index (χ4n) is 1.54. The minimum Gasteiger partial charge on any atom is -0.480 e. The number of hydrogen-bond acceptors (Lipinski definition) is 5. The summed E-state index contributed by atoms with van der Waals surface area (Å²) < 4.78 is 10.5. The summed E-state index contributed by atoms with van der Waals surface area (Å²) in [4.78, 5) is 24.0. The lowest BCUT2D eigenvalue weighted by molar-refractivity contribution is -0.144. The molecule has 0 aliphatic carbocycles. The zero-order valence-corrected chi connectivity index (χ0v) is 10.9. The predicted molar refractivity (Wildman–Crippen MR) is 63.2 cm³/mol. The molecule has 0 spiro atoms. The highest BCUT2D eigenvalue weighted by Crippen LogP contribution is 2.14. The Morgan fingerprint density at radius 2 is 2.11 bits per heavy atom. The molecule has 0 aromatic heterocycles. The van der Waals surface area contributed by atoms with Crippen LogP contribution >= 0.6 is 0 Å². The molecular formula is C11H20N2O5. The second kappa shape index (κ2) is 5.53. The second-order valence-corrected chi connectivity index (χ2v) is 5.20. The Balaban J connectivity index is 2.58. The normalized spacial score (nSPS) is 22.4. The van der Waals surface area contributed by atoms with Gasteiger partial charge < -0.3 is 25.2 Å². The van der Waals surface area contributed by atoms with Gasteiger partial charge in [-0.15, -0.1) is 0 Å². The fourth-order valence-corrected chi connectivity index (χ4v) is 1.54. The summed E-state index contributed by atoms with van der Waals surface area (Å²) in [6.45, 7) is 6.06. The van der Waals surface area contributed by atoms with Crippen LogP contribution in [0.2, 0.25) is 0 Å². The zero-order chi connectivity index (χ0) is 13.9. The molecule has 7 nitrogen and oxygen atoms in total. The van der Waals surface area contributed by atoms with Crippen molar-refractivity contribution in [3.05, 3.63) is 0 Å². The van der Waals surface area contributed by atoms with E-state index in [1.807, 2.05) is 0 Å². The van der Waals surface area contributed by atoms with E-state index in [0.717, 1.165) is 0 Å². The molecule has 1 heterocycles. The lowest BCUT2D eigenvalue weighted by Gasteiger charge is -2.35. The van der Waals surface area contributed by atoms with Crippen molar-refractivity contribution in [3.63, 3.8) is 0 Å². The number of aliphatic carboxylic acids is 1. The SMILES string of the molecule is CC(C)(C)OC(=O)N1CCOC(C(N)C(=O)O)C1. The van der Waals surface area contributed by atoms with Crippen LogP contribution in [0.5, 0.6) is 0 Å². The van der Waals surface area contributed by atoms with E-state index in [1.165, 1.54) is 4.90 Å². The van der Waals surface area contributed by atoms with Crippen molar-refractivity contribution in [1.82, 2.24) is 4.90 Å². The van der Waals surface area contributed by atoms with Gasteiger partial charge in [-0.3, -0.25) is 4.79 Å². The van der Waals surface area contributed by atoms with Gasteiger partial charge in [-0.25, -0.2) is 4.79 Å². The summed E-state index contributed by atoms with van der Waals surface area (Å²) in [5.74, 6) is -1.15. The van der Waals surface area contributed by atoms with Crippen LogP contribution in [0.25, 0.3) is 0 Å². The molecule has 7 heteroatoms. The highest BCUT2D eigenvalue weighted by Gasteiger charge is 2.33. The van der Waals surface area contributed by atoms with Crippen LogP contribution < -0.4 is 5.73 Å². The van der Waals surface area contributed by atoms with Crippen LogP contribution in [0, 0.1) is 0 Å². The van der Waals surface area contributed by atoms with Crippen molar-refractivity contribution in [3.8, 4) is 0 Å². The highest BCUT2D eigenvalue weighted by atomic mass is 16.6. The lowest BCUT2D eigenvalue weighted by atomic mass is 10.1. The quantitative estimate of drug-likeness (QED) is 0.726. The van der Waals surface area contributed by atoms with Crippen molar-refractivity contribution >= 4 is 12.1 Å². The Hall–Kier alpha value is -1.34. The number of nitrogens with zero attached hydrogens (tertiary/aromatic N) is 1. The minimum atomic E-state index is -1.15. The Kier molecular flexibility index (Phi) is 4.53. The number of carbonyl (C=O) groups is 2. The van der Waals surface area contributed by atoms with Gasteiger partial charge in [-0.2, -0.15) is 0 Å². The van der Waals surface area contributed by atoms with Gasteiger partial charge in [0.05, 0.1) is 13.2 Å². The average molecular weight is 260 g/mol. The molecule has 0 aromatic rings. The van der Waals surface area contributed by atoms with E-state index in [1.54, 1.807) is 20.8 Å². The van der Waals surface area contributed by atoms with Crippen molar-refractivity contribution < 1.29 is 24.2 Å². The maximum atomic E-state index is 11.8. The Morgan fingerprint density at radius 1 is 1.50 bits per heavy atom. The number of carbonyl (C=O) groups excluding carboxylic acids is 1. The molecule has 1 saturated heterocycles. The van der Waals surface area contributed by atoms with E-state index < -0.39 is 29.8 Å². The molecule has 1 aliphatic heterocycles. The summed E-state index contributed by atoms with van der Waals surface area (Å²) >= 11 is 0. The molecule has 0 saturated carbocycles. The Morgan fingerprint density at radius 3 is 2.61 bits per heavy atom. The smallest absolute Gasteiger partial charge is 0.410 e. The first-order valence-electron chi connectivity index (χ1n) is 5.78. The molecule has 0 bridgehead atoms. The Bertz CT molecular complexity index is 326. The first-order chi connectivity index (χ1) is 8.20. The van der Waals surface area contributed by atoms with Gasteiger partial charge in [0.15, 0.2) is 0 Å². The number of rotatable bonds is 2. The van der Waals surface area contributed by atoms with Crippen LogP contribution in [-0.4, -0.2) is 59.5 Å². The van der Waals surface area contributed by atoms with Gasteiger partial charge in [0.25, 0.3) is 0 Å². The third-order valence-electron chi connectivity index (χ3n) is 2.43. The molecular weight excluding hydrogens is 240 g/mol. The molecule has 2 unspecified atom stereocenters. The lowest BCUT2D eigenvalue weighted by Crippen LogP contribution is -2.55. The molecule has 1 rings (SSSR count). The number of carboxylic acid groups (broad SMARTS) is 1. The third-order valence-corrected chi connectivity index (χ3v) is 2.43. The van der Waals surface area contributed by atoms with E-state index in [9.17, 15) is 9.59 Å². The molecule has 3 N–H and O–H groups in total. The van der Waals surface area contributed by atoms with Crippen molar-refractivity contribution in [2.24, 2.45) is 5.73 Å². The molecule has 104 valence electrons. The number of nitrogens with two attached hydrogens (primary N) is 1. The molecule has 1 fully saturated rings. The minimum absolute atomic E-state index is 0.127. The van der Waals surface area contributed by atoms with Crippen LogP contribution in [0.1, 0.15) is 20.8 Å². The van der Waals surface area contributed by atoms with Crippen molar-refractivity contribution in [2.45, 2.75) is 38.5 Å². The first kappa shape index (κ1) is 14.7. The molecule has 0 aromatic carbocycles.